The molecule has 0 aliphatic carbocycles. The van der Waals surface area contributed by atoms with Crippen LogP contribution in [0.5, 0.6) is 0 Å². The highest BCUT2D eigenvalue weighted by atomic mass is 15.3. The van der Waals surface area contributed by atoms with Crippen molar-refractivity contribution in [1.82, 2.24) is 19.7 Å². The van der Waals surface area contributed by atoms with Gasteiger partial charge in [0.15, 0.2) is 11.6 Å². The van der Waals surface area contributed by atoms with Gasteiger partial charge in [-0.3, -0.25) is 0 Å². The lowest BCUT2D eigenvalue weighted by Gasteiger charge is -2.11. The lowest BCUT2D eigenvalue weighted by molar-refractivity contribution is 0.606. The van der Waals surface area contributed by atoms with Gasteiger partial charge in [0.25, 0.3) is 0 Å². The molecule has 0 aromatic carbocycles. The molecule has 0 atom stereocenters. The Morgan fingerprint density at radius 2 is 2.22 bits per heavy atom. The molecule has 0 aliphatic rings. The highest BCUT2D eigenvalue weighted by Gasteiger charge is 2.09. The van der Waals surface area contributed by atoms with Crippen LogP contribution in [0.3, 0.4) is 0 Å². The van der Waals surface area contributed by atoms with E-state index in [-0.39, 0.29) is 0 Å². The minimum absolute atomic E-state index is 0.518. The van der Waals surface area contributed by atoms with E-state index in [9.17, 15) is 0 Å². The molecule has 0 unspecified atom stereocenters. The van der Waals surface area contributed by atoms with Crippen LogP contribution in [0.15, 0.2) is 24.8 Å². The molecule has 2 heterocycles. The highest BCUT2D eigenvalue weighted by molar-refractivity contribution is 5.68. The molecule has 0 spiro atoms. The van der Waals surface area contributed by atoms with E-state index < -0.39 is 0 Å². The Bertz CT molecular complexity index is 491. The summed E-state index contributed by atoms with van der Waals surface area (Å²) >= 11 is 0. The van der Waals surface area contributed by atoms with Crippen molar-refractivity contribution in [3.05, 3.63) is 24.8 Å². The largest absolute Gasteiger partial charge is 0.393 e. The van der Waals surface area contributed by atoms with Crippen LogP contribution in [0, 0.1) is 5.92 Å². The van der Waals surface area contributed by atoms with Crippen molar-refractivity contribution < 1.29 is 0 Å². The molecule has 6 heteroatoms. The summed E-state index contributed by atoms with van der Waals surface area (Å²) in [5.41, 5.74) is 6.56. The number of rotatable bonds is 5. The van der Waals surface area contributed by atoms with Crippen LogP contribution in [0.2, 0.25) is 0 Å². The third kappa shape index (κ3) is 2.77. The van der Waals surface area contributed by atoms with Crippen LogP contribution < -0.4 is 11.1 Å². The zero-order valence-electron chi connectivity index (χ0n) is 10.7. The highest BCUT2D eigenvalue weighted by Crippen LogP contribution is 2.20. The first-order valence-corrected chi connectivity index (χ1v) is 6.03. The monoisotopic (exact) mass is 246 g/mol. The van der Waals surface area contributed by atoms with Crippen molar-refractivity contribution >= 4 is 11.5 Å². The second-order valence-electron chi connectivity index (χ2n) is 4.52. The minimum Gasteiger partial charge on any atom is -0.393 e. The predicted octanol–water partition coefficient (Wildman–Crippen LogP) is 1.70. The minimum atomic E-state index is 0.518. The van der Waals surface area contributed by atoms with E-state index in [1.165, 1.54) is 6.33 Å². The molecule has 2 rings (SSSR count). The normalized spacial score (nSPS) is 10.8. The zero-order valence-corrected chi connectivity index (χ0v) is 10.7. The Kier molecular flexibility index (Phi) is 3.76. The fourth-order valence-electron chi connectivity index (χ4n) is 1.58. The number of anilines is 2. The molecule has 2 aromatic heterocycles. The second-order valence-corrected chi connectivity index (χ2v) is 4.52. The maximum absolute atomic E-state index is 6.04. The Morgan fingerprint density at radius 3 is 2.89 bits per heavy atom. The summed E-state index contributed by atoms with van der Waals surface area (Å²) in [5.74, 6) is 1.91. The topological polar surface area (TPSA) is 81.7 Å². The van der Waals surface area contributed by atoms with E-state index in [4.69, 9.17) is 5.73 Å². The summed E-state index contributed by atoms with van der Waals surface area (Å²) in [7, 11) is 0. The van der Waals surface area contributed by atoms with Gasteiger partial charge in [-0.2, -0.15) is 5.10 Å². The summed E-state index contributed by atoms with van der Waals surface area (Å²) in [5, 5.41) is 7.34. The van der Waals surface area contributed by atoms with Crippen LogP contribution in [0.25, 0.3) is 5.82 Å². The lowest BCUT2D eigenvalue weighted by Crippen LogP contribution is -2.11. The molecule has 0 fully saturated rings. The first-order chi connectivity index (χ1) is 8.68. The van der Waals surface area contributed by atoms with Gasteiger partial charge < -0.3 is 11.1 Å². The Labute approximate surface area is 106 Å². The van der Waals surface area contributed by atoms with Gasteiger partial charge >= 0.3 is 0 Å². The quantitative estimate of drug-likeness (QED) is 0.839. The van der Waals surface area contributed by atoms with Crippen molar-refractivity contribution in [1.29, 1.82) is 0 Å². The van der Waals surface area contributed by atoms with Gasteiger partial charge in [0, 0.05) is 18.9 Å². The number of hydrogen-bond donors (Lipinski definition) is 2. The molecule has 0 amide bonds. The van der Waals surface area contributed by atoms with Gasteiger partial charge in [-0.1, -0.05) is 13.8 Å². The van der Waals surface area contributed by atoms with Crippen molar-refractivity contribution in [2.24, 2.45) is 5.92 Å². The molecule has 6 nitrogen and oxygen atoms in total. The summed E-state index contributed by atoms with van der Waals surface area (Å²) in [4.78, 5) is 8.31. The molecule has 0 bridgehead atoms. The fourth-order valence-corrected chi connectivity index (χ4v) is 1.58. The maximum atomic E-state index is 6.04. The Hall–Kier alpha value is -2.11. The van der Waals surface area contributed by atoms with Crippen molar-refractivity contribution in [2.45, 2.75) is 20.3 Å². The molecule has 0 radical (unpaired) electrons. The molecule has 3 N–H and O–H groups in total. The van der Waals surface area contributed by atoms with Crippen LogP contribution in [-0.4, -0.2) is 26.3 Å². The number of aromatic nitrogens is 4. The summed E-state index contributed by atoms with van der Waals surface area (Å²) in [6.45, 7) is 5.21. The average Bonchev–Trinajstić information content (AvgIpc) is 2.84. The number of nitrogen functional groups attached to an aromatic ring is 1. The number of hydrogen-bond acceptors (Lipinski definition) is 5. The van der Waals surface area contributed by atoms with E-state index in [1.807, 2.05) is 6.07 Å². The van der Waals surface area contributed by atoms with E-state index in [1.54, 1.807) is 17.1 Å². The van der Waals surface area contributed by atoms with Crippen molar-refractivity contribution in [2.75, 3.05) is 17.6 Å². The third-order valence-electron chi connectivity index (χ3n) is 2.60. The summed E-state index contributed by atoms with van der Waals surface area (Å²) in [6.07, 6.45) is 6.05. The molecule has 96 valence electrons. The Balaban J connectivity index is 2.15. The maximum Gasteiger partial charge on any atom is 0.181 e. The number of nitrogens with one attached hydrogen (secondary N) is 1. The third-order valence-corrected chi connectivity index (χ3v) is 2.60. The van der Waals surface area contributed by atoms with Gasteiger partial charge in [-0.25, -0.2) is 14.6 Å². The Morgan fingerprint density at radius 1 is 1.39 bits per heavy atom. The molecule has 0 saturated carbocycles. The molecular formula is C12H18N6. The average molecular weight is 246 g/mol. The summed E-state index contributed by atoms with van der Waals surface area (Å²) < 4.78 is 1.63. The first-order valence-electron chi connectivity index (χ1n) is 6.03. The predicted molar refractivity (Wildman–Crippen MR) is 71.5 cm³/mol. The SMILES string of the molecule is CC(C)CCNc1ncnc(-n2cccn2)c1N. The number of nitrogens with two attached hydrogens (primary N) is 1. The second kappa shape index (κ2) is 5.48. The van der Waals surface area contributed by atoms with Crippen LogP contribution in [0.4, 0.5) is 11.5 Å². The van der Waals surface area contributed by atoms with Crippen molar-refractivity contribution in [3.8, 4) is 5.82 Å². The van der Waals surface area contributed by atoms with Gasteiger partial charge in [0.05, 0.1) is 0 Å². The van der Waals surface area contributed by atoms with Crippen LogP contribution in [-0.2, 0) is 0 Å². The van der Waals surface area contributed by atoms with E-state index in [0.717, 1.165) is 13.0 Å². The van der Waals surface area contributed by atoms with Gasteiger partial charge in [0.1, 0.15) is 12.0 Å². The molecule has 18 heavy (non-hydrogen) atoms. The van der Waals surface area contributed by atoms with Crippen LogP contribution >= 0.6 is 0 Å². The molecular weight excluding hydrogens is 228 g/mol. The number of nitrogens with zero attached hydrogens (tertiary/aromatic N) is 4. The van der Waals surface area contributed by atoms with Crippen LogP contribution in [0.1, 0.15) is 20.3 Å². The van der Waals surface area contributed by atoms with E-state index in [0.29, 0.717) is 23.2 Å². The van der Waals surface area contributed by atoms with Gasteiger partial charge in [-0.05, 0) is 18.4 Å². The van der Waals surface area contributed by atoms with Crippen molar-refractivity contribution in [3.63, 3.8) is 0 Å². The lowest BCUT2D eigenvalue weighted by atomic mass is 10.1. The van der Waals surface area contributed by atoms with E-state index in [2.05, 4.69) is 34.2 Å². The summed E-state index contributed by atoms with van der Waals surface area (Å²) in [6, 6.07) is 1.83. The standard InChI is InChI=1S/C12H18N6/c1-9(2)4-6-14-11-10(13)12(16-8-15-11)18-7-3-5-17-18/h3,5,7-9H,4,6,13H2,1-2H3,(H,14,15,16). The molecule has 0 saturated heterocycles. The van der Waals surface area contributed by atoms with E-state index >= 15 is 0 Å². The fraction of sp³-hybridized carbons (Fsp3) is 0.417. The zero-order chi connectivity index (χ0) is 13.0. The smallest absolute Gasteiger partial charge is 0.181 e. The molecule has 2 aromatic rings. The first kappa shape index (κ1) is 12.3. The van der Waals surface area contributed by atoms with Gasteiger partial charge in [-0.15, -0.1) is 0 Å². The molecule has 0 aliphatic heterocycles. The van der Waals surface area contributed by atoms with Gasteiger partial charge in [0.2, 0.25) is 0 Å².